The molecule has 0 aromatic carbocycles. The lowest BCUT2D eigenvalue weighted by atomic mass is 10.1. The van der Waals surface area contributed by atoms with Gasteiger partial charge in [0, 0.05) is 13.1 Å². The van der Waals surface area contributed by atoms with Crippen LogP contribution in [-0.2, 0) is 9.53 Å². The number of carbonyl (C=O) groups is 1. The summed E-state index contributed by atoms with van der Waals surface area (Å²) in [4.78, 5) is 16.6. The Balaban J connectivity index is 1.99. The molecule has 0 atom stereocenters. The number of amidine groups is 1. The molecule has 1 amide bonds. The molecule has 4 heteroatoms. The SMILES string of the molecule is O=C1COC(N2CCCCC2)=N1. The molecule has 2 aliphatic rings. The Bertz CT molecular complexity index is 219. The van der Waals surface area contributed by atoms with Crippen LogP contribution in [0.15, 0.2) is 4.99 Å². The molecule has 0 spiro atoms. The molecule has 0 radical (unpaired) electrons. The predicted molar refractivity (Wildman–Crippen MR) is 43.8 cm³/mol. The Labute approximate surface area is 71.2 Å². The van der Waals surface area contributed by atoms with Gasteiger partial charge in [0.05, 0.1) is 0 Å². The zero-order chi connectivity index (χ0) is 8.39. The summed E-state index contributed by atoms with van der Waals surface area (Å²) in [7, 11) is 0. The van der Waals surface area contributed by atoms with Crippen LogP contribution in [0.5, 0.6) is 0 Å². The van der Waals surface area contributed by atoms with E-state index in [1.807, 2.05) is 0 Å². The Kier molecular flexibility index (Phi) is 1.98. The number of nitrogens with zero attached hydrogens (tertiary/aromatic N) is 2. The third-order valence-corrected chi connectivity index (χ3v) is 2.17. The summed E-state index contributed by atoms with van der Waals surface area (Å²) < 4.78 is 5.13. The third kappa shape index (κ3) is 1.42. The lowest BCUT2D eigenvalue weighted by Crippen LogP contribution is -2.35. The molecular weight excluding hydrogens is 156 g/mol. The van der Waals surface area contributed by atoms with Gasteiger partial charge >= 0.3 is 0 Å². The van der Waals surface area contributed by atoms with E-state index in [0.717, 1.165) is 13.1 Å². The molecule has 1 fully saturated rings. The maximum absolute atomic E-state index is 10.8. The highest BCUT2D eigenvalue weighted by molar-refractivity contribution is 5.96. The van der Waals surface area contributed by atoms with E-state index in [2.05, 4.69) is 9.89 Å². The van der Waals surface area contributed by atoms with E-state index >= 15 is 0 Å². The van der Waals surface area contributed by atoms with Gasteiger partial charge in [-0.05, 0) is 19.3 Å². The number of piperidine rings is 1. The van der Waals surface area contributed by atoms with Gasteiger partial charge in [-0.15, -0.1) is 0 Å². The van der Waals surface area contributed by atoms with Gasteiger partial charge in [0.25, 0.3) is 11.9 Å². The van der Waals surface area contributed by atoms with Crippen LogP contribution in [-0.4, -0.2) is 36.5 Å². The highest BCUT2D eigenvalue weighted by Gasteiger charge is 2.22. The van der Waals surface area contributed by atoms with Crippen LogP contribution in [0.4, 0.5) is 0 Å². The summed E-state index contributed by atoms with van der Waals surface area (Å²) in [5, 5.41) is 0. The van der Waals surface area contributed by atoms with Crippen LogP contribution in [0.3, 0.4) is 0 Å². The van der Waals surface area contributed by atoms with Crippen molar-refractivity contribution in [2.75, 3.05) is 19.7 Å². The molecule has 66 valence electrons. The molecule has 2 aliphatic heterocycles. The van der Waals surface area contributed by atoms with E-state index in [0.29, 0.717) is 6.02 Å². The summed E-state index contributed by atoms with van der Waals surface area (Å²) in [6.45, 7) is 2.09. The van der Waals surface area contributed by atoms with Gasteiger partial charge in [-0.1, -0.05) is 0 Å². The van der Waals surface area contributed by atoms with E-state index < -0.39 is 0 Å². The van der Waals surface area contributed by atoms with Crippen molar-refractivity contribution >= 4 is 11.9 Å². The molecule has 2 rings (SSSR count). The Hall–Kier alpha value is -1.06. The predicted octanol–water partition coefficient (Wildman–Crippen LogP) is 0.385. The lowest BCUT2D eigenvalue weighted by Gasteiger charge is -2.26. The van der Waals surface area contributed by atoms with Crippen molar-refractivity contribution in [3.05, 3.63) is 0 Å². The monoisotopic (exact) mass is 168 g/mol. The van der Waals surface area contributed by atoms with Gasteiger partial charge in [0.1, 0.15) is 0 Å². The smallest absolute Gasteiger partial charge is 0.295 e. The number of carbonyl (C=O) groups excluding carboxylic acids is 1. The van der Waals surface area contributed by atoms with E-state index in [1.54, 1.807) is 0 Å². The standard InChI is InChI=1S/C8H12N2O2/c11-7-6-12-8(9-7)10-4-2-1-3-5-10/h1-6H2. The van der Waals surface area contributed by atoms with Crippen LogP contribution in [0.2, 0.25) is 0 Å². The van der Waals surface area contributed by atoms with Gasteiger partial charge in [0.15, 0.2) is 6.61 Å². The lowest BCUT2D eigenvalue weighted by molar-refractivity contribution is -0.118. The Morgan fingerprint density at radius 2 is 2.00 bits per heavy atom. The number of aliphatic imine (C=N–C) groups is 1. The first kappa shape index (κ1) is 7.58. The first-order chi connectivity index (χ1) is 5.86. The number of amides is 1. The minimum Gasteiger partial charge on any atom is -0.455 e. The first-order valence-corrected chi connectivity index (χ1v) is 4.35. The average Bonchev–Trinajstić information content (AvgIpc) is 2.54. The van der Waals surface area contributed by atoms with E-state index in [-0.39, 0.29) is 12.5 Å². The summed E-state index contributed by atoms with van der Waals surface area (Å²) in [5.41, 5.74) is 0. The minimum absolute atomic E-state index is 0.131. The number of rotatable bonds is 0. The molecule has 0 aliphatic carbocycles. The van der Waals surface area contributed by atoms with Crippen LogP contribution in [0, 0.1) is 0 Å². The van der Waals surface area contributed by atoms with Crippen molar-refractivity contribution in [3.8, 4) is 0 Å². The second-order valence-corrected chi connectivity index (χ2v) is 3.12. The van der Waals surface area contributed by atoms with Crippen molar-refractivity contribution in [2.45, 2.75) is 19.3 Å². The van der Waals surface area contributed by atoms with Crippen molar-refractivity contribution in [2.24, 2.45) is 4.99 Å². The molecular formula is C8H12N2O2. The van der Waals surface area contributed by atoms with E-state index in [9.17, 15) is 4.79 Å². The van der Waals surface area contributed by atoms with Crippen LogP contribution < -0.4 is 0 Å². The van der Waals surface area contributed by atoms with E-state index in [1.165, 1.54) is 19.3 Å². The molecule has 0 saturated carbocycles. The van der Waals surface area contributed by atoms with Gasteiger partial charge in [0.2, 0.25) is 0 Å². The number of hydrogen-bond acceptors (Lipinski definition) is 3. The molecule has 0 aromatic rings. The highest BCUT2D eigenvalue weighted by atomic mass is 16.5. The van der Waals surface area contributed by atoms with Crippen molar-refractivity contribution in [3.63, 3.8) is 0 Å². The van der Waals surface area contributed by atoms with Crippen LogP contribution in [0.1, 0.15) is 19.3 Å². The molecule has 0 N–H and O–H groups in total. The average molecular weight is 168 g/mol. The topological polar surface area (TPSA) is 41.9 Å². The molecule has 0 unspecified atom stereocenters. The van der Waals surface area contributed by atoms with Gasteiger partial charge in [-0.25, -0.2) is 0 Å². The molecule has 1 saturated heterocycles. The summed E-state index contributed by atoms with van der Waals surface area (Å²) >= 11 is 0. The highest BCUT2D eigenvalue weighted by Crippen LogP contribution is 2.11. The fourth-order valence-electron chi connectivity index (χ4n) is 1.54. The fraction of sp³-hybridized carbons (Fsp3) is 0.750. The summed E-state index contributed by atoms with van der Waals surface area (Å²) in [6.07, 6.45) is 3.63. The minimum atomic E-state index is -0.157. The summed E-state index contributed by atoms with van der Waals surface area (Å²) in [5.74, 6) is -0.157. The van der Waals surface area contributed by atoms with Crippen LogP contribution in [0.25, 0.3) is 0 Å². The summed E-state index contributed by atoms with van der Waals surface area (Å²) in [6, 6.07) is 0.541. The third-order valence-electron chi connectivity index (χ3n) is 2.17. The maximum atomic E-state index is 10.8. The van der Waals surface area contributed by atoms with Gasteiger partial charge in [-0.3, -0.25) is 4.79 Å². The van der Waals surface area contributed by atoms with Gasteiger partial charge in [-0.2, -0.15) is 4.99 Å². The Morgan fingerprint density at radius 3 is 2.58 bits per heavy atom. The zero-order valence-electron chi connectivity index (χ0n) is 6.95. The molecule has 2 heterocycles. The molecule has 12 heavy (non-hydrogen) atoms. The first-order valence-electron chi connectivity index (χ1n) is 4.35. The largest absolute Gasteiger partial charge is 0.455 e. The van der Waals surface area contributed by atoms with E-state index in [4.69, 9.17) is 4.74 Å². The van der Waals surface area contributed by atoms with Crippen molar-refractivity contribution < 1.29 is 9.53 Å². The number of ether oxygens (including phenoxy) is 1. The normalized spacial score (nSPS) is 23.8. The number of hydrogen-bond donors (Lipinski definition) is 0. The number of likely N-dealkylation sites (tertiary alicyclic amines) is 1. The van der Waals surface area contributed by atoms with Crippen molar-refractivity contribution in [1.82, 2.24) is 4.90 Å². The molecule has 4 nitrogen and oxygen atoms in total. The second-order valence-electron chi connectivity index (χ2n) is 3.12. The second kappa shape index (κ2) is 3.13. The van der Waals surface area contributed by atoms with Crippen molar-refractivity contribution in [1.29, 1.82) is 0 Å². The maximum Gasteiger partial charge on any atom is 0.295 e. The van der Waals surface area contributed by atoms with Crippen LogP contribution >= 0.6 is 0 Å². The quantitative estimate of drug-likeness (QED) is 0.525. The van der Waals surface area contributed by atoms with Gasteiger partial charge < -0.3 is 9.64 Å². The zero-order valence-corrected chi connectivity index (χ0v) is 6.95. The Morgan fingerprint density at radius 1 is 1.25 bits per heavy atom. The fourth-order valence-corrected chi connectivity index (χ4v) is 1.54. The molecule has 0 aromatic heterocycles. The molecule has 0 bridgehead atoms.